The maximum atomic E-state index is 12.7. The van der Waals surface area contributed by atoms with Crippen LogP contribution >= 0.6 is 0 Å². The number of aromatic amines is 1. The molecule has 0 atom stereocenters. The second-order valence-corrected chi connectivity index (χ2v) is 9.83. The lowest BCUT2D eigenvalue weighted by atomic mass is 10.1. The molecule has 0 unspecified atom stereocenters. The summed E-state index contributed by atoms with van der Waals surface area (Å²) in [7, 11) is 3.23. The Hall–Kier alpha value is -4.58. The molecule has 0 aliphatic heterocycles. The largest absolute Gasteiger partial charge is 0.493 e. The van der Waals surface area contributed by atoms with Gasteiger partial charge in [0.1, 0.15) is 0 Å². The van der Waals surface area contributed by atoms with Crippen LogP contribution in [-0.2, 0) is 20.7 Å². The highest BCUT2D eigenvalue weighted by Crippen LogP contribution is 2.44. The van der Waals surface area contributed by atoms with E-state index in [-0.39, 0.29) is 30.7 Å². The van der Waals surface area contributed by atoms with Gasteiger partial charge in [-0.2, -0.15) is 5.10 Å². The number of fused-ring (bicyclic) bond motifs is 3. The second-order valence-electron chi connectivity index (χ2n) is 9.83. The van der Waals surface area contributed by atoms with Crippen LogP contribution in [0.15, 0.2) is 36.4 Å². The zero-order valence-corrected chi connectivity index (χ0v) is 24.2. The van der Waals surface area contributed by atoms with Gasteiger partial charge in [-0.1, -0.05) is 6.07 Å². The monoisotopic (exact) mass is 578 g/mol. The van der Waals surface area contributed by atoms with Crippen molar-refractivity contribution in [2.45, 2.75) is 32.6 Å². The van der Waals surface area contributed by atoms with E-state index >= 15 is 0 Å². The number of anilines is 2. The molecule has 0 radical (unpaired) electrons. The molecule has 3 aromatic rings. The Labute approximate surface area is 244 Å². The Morgan fingerprint density at radius 2 is 1.69 bits per heavy atom. The average Bonchev–Trinajstić information content (AvgIpc) is 3.54. The number of hydrogen-bond acceptors (Lipinski definition) is 8. The third-order valence-electron chi connectivity index (χ3n) is 6.81. The summed E-state index contributed by atoms with van der Waals surface area (Å²) in [5.41, 5.74) is 5.34. The topological polar surface area (TPSA) is 156 Å². The Balaban J connectivity index is 1.18. The van der Waals surface area contributed by atoms with Gasteiger partial charge in [0.15, 0.2) is 17.3 Å². The van der Waals surface area contributed by atoms with Crippen LogP contribution in [0, 0.1) is 0 Å². The number of ether oxygens (including phenoxy) is 3. The number of rotatable bonds is 16. The fourth-order valence-electron chi connectivity index (χ4n) is 4.67. The van der Waals surface area contributed by atoms with Crippen LogP contribution in [0.5, 0.6) is 11.5 Å². The van der Waals surface area contributed by atoms with Gasteiger partial charge in [0.05, 0.1) is 33.1 Å². The molecule has 12 heteroatoms. The summed E-state index contributed by atoms with van der Waals surface area (Å²) in [6, 6.07) is 11.1. The zero-order chi connectivity index (χ0) is 29.9. The summed E-state index contributed by atoms with van der Waals surface area (Å²) in [4.78, 5) is 35.4. The molecule has 0 saturated carbocycles. The maximum Gasteiger partial charge on any atom is 0.251 e. The average molecular weight is 579 g/mol. The lowest BCUT2D eigenvalue weighted by Crippen LogP contribution is -2.29. The summed E-state index contributed by atoms with van der Waals surface area (Å²) in [5.74, 6) is 1.67. The van der Waals surface area contributed by atoms with E-state index in [1.54, 1.807) is 26.4 Å². The molecule has 42 heavy (non-hydrogen) atoms. The fourth-order valence-corrected chi connectivity index (χ4v) is 4.67. The second kappa shape index (κ2) is 14.9. The van der Waals surface area contributed by atoms with Crippen molar-refractivity contribution in [1.82, 2.24) is 26.1 Å². The fraction of sp³-hybridized carbons (Fsp3) is 0.400. The summed E-state index contributed by atoms with van der Waals surface area (Å²) >= 11 is 0. The number of unbranched alkanes of at least 4 members (excludes halogenated alkanes) is 1. The number of aromatic nitrogens is 2. The molecule has 0 saturated heterocycles. The van der Waals surface area contributed by atoms with Gasteiger partial charge in [-0.15, -0.1) is 0 Å². The van der Waals surface area contributed by atoms with Gasteiger partial charge in [0.2, 0.25) is 11.8 Å². The normalized spacial score (nSPS) is 11.3. The van der Waals surface area contributed by atoms with E-state index in [9.17, 15) is 14.4 Å². The molecule has 1 aromatic heterocycles. The molecule has 5 N–H and O–H groups in total. The van der Waals surface area contributed by atoms with Crippen molar-refractivity contribution in [2.24, 2.45) is 0 Å². The molecule has 0 spiro atoms. The van der Waals surface area contributed by atoms with Crippen LogP contribution in [0.2, 0.25) is 0 Å². The van der Waals surface area contributed by atoms with Crippen molar-refractivity contribution in [3.63, 3.8) is 0 Å². The van der Waals surface area contributed by atoms with Crippen LogP contribution in [0.1, 0.15) is 47.7 Å². The number of hydrogen-bond donors (Lipinski definition) is 5. The van der Waals surface area contributed by atoms with Crippen LogP contribution in [0.4, 0.5) is 11.5 Å². The van der Waals surface area contributed by atoms with E-state index in [0.717, 1.165) is 40.9 Å². The molecule has 1 aliphatic carbocycles. The first-order valence-corrected chi connectivity index (χ1v) is 14.0. The Kier molecular flexibility index (Phi) is 10.8. The predicted molar refractivity (Wildman–Crippen MR) is 158 cm³/mol. The van der Waals surface area contributed by atoms with Crippen molar-refractivity contribution in [2.75, 3.05) is 52.4 Å². The first-order valence-electron chi connectivity index (χ1n) is 14.0. The first kappa shape index (κ1) is 30.4. The number of benzene rings is 2. The molecule has 1 aliphatic rings. The molecule has 12 nitrogen and oxygen atoms in total. The molecule has 0 fully saturated rings. The quantitative estimate of drug-likeness (QED) is 0.127. The lowest BCUT2D eigenvalue weighted by Gasteiger charge is -2.10. The number of H-pyrrole nitrogens is 1. The van der Waals surface area contributed by atoms with Crippen molar-refractivity contribution in [3.8, 4) is 22.8 Å². The van der Waals surface area contributed by atoms with Gasteiger partial charge < -0.3 is 35.5 Å². The van der Waals surface area contributed by atoms with Crippen LogP contribution in [0.3, 0.4) is 0 Å². The third kappa shape index (κ3) is 8.00. The molecular formula is C30H38N6O6. The summed E-state index contributed by atoms with van der Waals surface area (Å²) in [5, 5.41) is 19.3. The number of amides is 3. The lowest BCUT2D eigenvalue weighted by molar-refractivity contribution is -0.122. The third-order valence-corrected chi connectivity index (χ3v) is 6.81. The number of nitrogens with zero attached hydrogens (tertiary/aromatic N) is 1. The van der Waals surface area contributed by atoms with E-state index in [1.807, 2.05) is 24.3 Å². The highest BCUT2D eigenvalue weighted by atomic mass is 16.5. The molecule has 3 amide bonds. The molecule has 2 aromatic carbocycles. The van der Waals surface area contributed by atoms with E-state index in [0.29, 0.717) is 55.5 Å². The van der Waals surface area contributed by atoms with E-state index in [4.69, 9.17) is 14.2 Å². The number of carbonyl (C=O) groups is 3. The SMILES string of the molecule is COc1cc2c(cc1OC)-c1[nH]nc(Nc3cccc(C(=O)NCCOCCC(=O)NCCCCNC(C)=O)c3)c1C2. The van der Waals surface area contributed by atoms with Gasteiger partial charge in [-0.3, -0.25) is 19.5 Å². The van der Waals surface area contributed by atoms with Crippen LogP contribution < -0.4 is 30.7 Å². The summed E-state index contributed by atoms with van der Waals surface area (Å²) in [6.45, 7) is 3.53. The Bertz CT molecular complexity index is 1400. The predicted octanol–water partition coefficient (Wildman–Crippen LogP) is 2.91. The van der Waals surface area contributed by atoms with E-state index in [1.165, 1.54) is 6.92 Å². The van der Waals surface area contributed by atoms with Crippen molar-refractivity contribution < 1.29 is 28.6 Å². The first-order chi connectivity index (χ1) is 20.4. The van der Waals surface area contributed by atoms with Crippen molar-refractivity contribution >= 4 is 29.2 Å². The molecular weight excluding hydrogens is 540 g/mol. The van der Waals surface area contributed by atoms with Crippen molar-refractivity contribution in [3.05, 3.63) is 53.1 Å². The standard InChI is InChI=1S/C30H38N6O6/c1-19(37)31-10-4-5-11-32-27(38)9-13-42-14-12-33-30(39)20-7-6-8-22(15-20)34-29-24-16-21-17-25(40-2)26(41-3)18-23(21)28(24)35-36-29/h6-8,15,17-18H,4-5,9-14,16H2,1-3H3,(H,31,37)(H,32,38)(H,33,39)(H2,34,35,36). The van der Waals surface area contributed by atoms with E-state index < -0.39 is 0 Å². The minimum Gasteiger partial charge on any atom is -0.493 e. The zero-order valence-electron chi connectivity index (χ0n) is 24.2. The van der Waals surface area contributed by atoms with E-state index in [2.05, 4.69) is 31.5 Å². The minimum absolute atomic E-state index is 0.0538. The van der Waals surface area contributed by atoms with Crippen molar-refractivity contribution in [1.29, 1.82) is 0 Å². The van der Waals surface area contributed by atoms with Gasteiger partial charge in [0, 0.05) is 61.8 Å². The van der Waals surface area contributed by atoms with Gasteiger partial charge in [0.25, 0.3) is 5.91 Å². The Morgan fingerprint density at radius 1 is 0.929 bits per heavy atom. The summed E-state index contributed by atoms with van der Waals surface area (Å²) < 4.78 is 16.4. The molecule has 1 heterocycles. The summed E-state index contributed by atoms with van der Waals surface area (Å²) in [6.07, 6.45) is 2.53. The highest BCUT2D eigenvalue weighted by molar-refractivity contribution is 5.95. The maximum absolute atomic E-state index is 12.7. The van der Waals surface area contributed by atoms with Gasteiger partial charge in [-0.25, -0.2) is 0 Å². The number of nitrogens with one attached hydrogen (secondary N) is 5. The highest BCUT2D eigenvalue weighted by Gasteiger charge is 2.27. The van der Waals surface area contributed by atoms with Gasteiger partial charge in [-0.05, 0) is 48.7 Å². The molecule has 4 rings (SSSR count). The van der Waals surface area contributed by atoms with Crippen LogP contribution in [0.25, 0.3) is 11.3 Å². The molecule has 0 bridgehead atoms. The van der Waals surface area contributed by atoms with Crippen LogP contribution in [-0.4, -0.2) is 75.0 Å². The minimum atomic E-state index is -0.224. The molecule has 224 valence electrons. The Morgan fingerprint density at radius 3 is 2.45 bits per heavy atom. The van der Waals surface area contributed by atoms with Gasteiger partial charge >= 0.3 is 0 Å². The smallest absolute Gasteiger partial charge is 0.251 e. The number of carbonyl (C=O) groups excluding carboxylic acids is 3. The number of methoxy groups -OCH3 is 2.